The third-order valence-corrected chi connectivity index (χ3v) is 5.37. The van der Waals surface area contributed by atoms with Crippen molar-refractivity contribution in [2.24, 2.45) is 0 Å². The van der Waals surface area contributed by atoms with Crippen molar-refractivity contribution in [2.75, 3.05) is 41.8 Å². The minimum atomic E-state index is -0.0188. The van der Waals surface area contributed by atoms with Gasteiger partial charge < -0.3 is 20.3 Å². The summed E-state index contributed by atoms with van der Waals surface area (Å²) in [4.78, 5) is 24.5. The number of rotatable bonds is 6. The number of carbonyl (C=O) groups is 1. The fourth-order valence-corrected chi connectivity index (χ4v) is 3.79. The summed E-state index contributed by atoms with van der Waals surface area (Å²) < 4.78 is 5.40. The summed E-state index contributed by atoms with van der Waals surface area (Å²) in [6.07, 6.45) is 0.391. The second kappa shape index (κ2) is 9.02. The van der Waals surface area contributed by atoms with E-state index in [0.29, 0.717) is 25.6 Å². The Morgan fingerprint density at radius 3 is 2.62 bits per heavy atom. The van der Waals surface area contributed by atoms with Gasteiger partial charge in [-0.3, -0.25) is 4.79 Å². The molecule has 1 amide bonds. The second-order valence-corrected chi connectivity index (χ2v) is 7.83. The van der Waals surface area contributed by atoms with Gasteiger partial charge in [-0.25, -0.2) is 4.98 Å². The molecular formula is C21H23N5O2S. The largest absolute Gasteiger partial charge is 0.378 e. The van der Waals surface area contributed by atoms with Crippen LogP contribution in [0.4, 0.5) is 23.1 Å². The van der Waals surface area contributed by atoms with Gasteiger partial charge in [0.2, 0.25) is 11.9 Å². The van der Waals surface area contributed by atoms with Gasteiger partial charge in [-0.1, -0.05) is 6.07 Å². The Balaban J connectivity index is 1.39. The van der Waals surface area contributed by atoms with Gasteiger partial charge in [0.15, 0.2) is 0 Å². The number of nitrogens with zero attached hydrogens (tertiary/aromatic N) is 3. The van der Waals surface area contributed by atoms with E-state index in [2.05, 4.69) is 25.5 Å². The van der Waals surface area contributed by atoms with Gasteiger partial charge in [0.1, 0.15) is 5.82 Å². The molecule has 150 valence electrons. The van der Waals surface area contributed by atoms with Crippen LogP contribution >= 0.6 is 11.3 Å². The highest BCUT2D eigenvalue weighted by molar-refractivity contribution is 7.10. The number of carbonyl (C=O) groups excluding carboxylic acids is 1. The van der Waals surface area contributed by atoms with Crippen LogP contribution in [-0.4, -0.2) is 42.2 Å². The minimum Gasteiger partial charge on any atom is -0.378 e. The fraction of sp³-hybridized carbons (Fsp3) is 0.286. The monoisotopic (exact) mass is 409 g/mol. The van der Waals surface area contributed by atoms with Gasteiger partial charge >= 0.3 is 0 Å². The van der Waals surface area contributed by atoms with Crippen LogP contribution in [0.3, 0.4) is 0 Å². The van der Waals surface area contributed by atoms with Crippen LogP contribution in [0.2, 0.25) is 0 Å². The fourth-order valence-electron chi connectivity index (χ4n) is 3.08. The summed E-state index contributed by atoms with van der Waals surface area (Å²) in [7, 11) is 0. The van der Waals surface area contributed by atoms with Crippen molar-refractivity contribution in [3.05, 3.63) is 58.4 Å². The van der Waals surface area contributed by atoms with Crippen molar-refractivity contribution in [2.45, 2.75) is 13.3 Å². The average molecular weight is 410 g/mol. The number of ether oxygens (including phenoxy) is 1. The summed E-state index contributed by atoms with van der Waals surface area (Å²) in [5.41, 5.74) is 2.57. The molecule has 1 aliphatic rings. The normalized spacial score (nSPS) is 13.9. The second-order valence-electron chi connectivity index (χ2n) is 6.80. The molecule has 1 saturated heterocycles. The first-order valence-corrected chi connectivity index (χ1v) is 10.4. The van der Waals surface area contributed by atoms with E-state index >= 15 is 0 Å². The van der Waals surface area contributed by atoms with E-state index in [4.69, 9.17) is 4.74 Å². The van der Waals surface area contributed by atoms with Crippen molar-refractivity contribution in [1.29, 1.82) is 0 Å². The SMILES string of the molecule is Cc1cc(Nc2ccc(NC(=O)Cc3cccs3)cc2)nc(N2CCOCC2)n1. The molecule has 2 aromatic heterocycles. The average Bonchev–Trinajstić information content (AvgIpc) is 3.22. The smallest absolute Gasteiger partial charge is 0.229 e. The van der Waals surface area contributed by atoms with Crippen LogP contribution in [-0.2, 0) is 16.0 Å². The molecule has 8 heteroatoms. The Labute approximate surface area is 173 Å². The summed E-state index contributed by atoms with van der Waals surface area (Å²) >= 11 is 1.58. The molecule has 3 aromatic rings. The van der Waals surface area contributed by atoms with Gasteiger partial charge in [-0.05, 0) is 42.6 Å². The zero-order chi connectivity index (χ0) is 20.1. The van der Waals surface area contributed by atoms with Gasteiger partial charge in [-0.2, -0.15) is 4.98 Å². The van der Waals surface area contributed by atoms with E-state index in [1.165, 1.54) is 0 Å². The highest BCUT2D eigenvalue weighted by Crippen LogP contribution is 2.21. The lowest BCUT2D eigenvalue weighted by Gasteiger charge is -2.27. The topological polar surface area (TPSA) is 79.4 Å². The number of thiophene rings is 1. The number of morpholine rings is 1. The lowest BCUT2D eigenvalue weighted by molar-refractivity contribution is -0.115. The lowest BCUT2D eigenvalue weighted by atomic mass is 10.2. The number of aryl methyl sites for hydroxylation is 1. The van der Waals surface area contributed by atoms with Crippen LogP contribution in [0, 0.1) is 6.92 Å². The third-order valence-electron chi connectivity index (χ3n) is 4.49. The van der Waals surface area contributed by atoms with E-state index in [9.17, 15) is 4.79 Å². The highest BCUT2D eigenvalue weighted by Gasteiger charge is 2.15. The molecule has 0 radical (unpaired) electrons. The predicted octanol–water partition coefficient (Wildman–Crippen LogP) is 3.61. The Hall–Kier alpha value is -2.97. The number of nitrogens with one attached hydrogen (secondary N) is 2. The molecule has 29 heavy (non-hydrogen) atoms. The van der Waals surface area contributed by atoms with Crippen LogP contribution in [0.15, 0.2) is 47.8 Å². The molecule has 0 unspecified atom stereocenters. The molecular weight excluding hydrogens is 386 g/mol. The van der Waals surface area contributed by atoms with Crippen LogP contribution in [0.25, 0.3) is 0 Å². The van der Waals surface area contributed by atoms with E-state index < -0.39 is 0 Å². The molecule has 0 bridgehead atoms. The van der Waals surface area contributed by atoms with Gasteiger partial charge in [0.05, 0.1) is 19.6 Å². The molecule has 0 aliphatic carbocycles. The van der Waals surface area contributed by atoms with E-state index in [1.54, 1.807) is 11.3 Å². The number of anilines is 4. The zero-order valence-corrected chi connectivity index (χ0v) is 17.0. The van der Waals surface area contributed by atoms with Crippen molar-refractivity contribution in [3.63, 3.8) is 0 Å². The Morgan fingerprint density at radius 1 is 1.14 bits per heavy atom. The number of benzene rings is 1. The van der Waals surface area contributed by atoms with Crippen LogP contribution < -0.4 is 15.5 Å². The van der Waals surface area contributed by atoms with Crippen molar-refractivity contribution in [1.82, 2.24) is 9.97 Å². The maximum atomic E-state index is 12.1. The molecule has 1 fully saturated rings. The third kappa shape index (κ3) is 5.30. The number of aromatic nitrogens is 2. The standard InChI is InChI=1S/C21H23N5O2S/c1-15-13-19(25-21(22-15)26-8-10-28-11-9-26)23-16-4-6-17(7-5-16)24-20(27)14-18-3-2-12-29-18/h2-7,12-13H,8-11,14H2,1H3,(H,24,27)(H,22,23,25). The number of hydrogen-bond donors (Lipinski definition) is 2. The minimum absolute atomic E-state index is 0.0188. The maximum Gasteiger partial charge on any atom is 0.229 e. The van der Waals surface area contributed by atoms with Gasteiger partial charge in [-0.15, -0.1) is 11.3 Å². The van der Waals surface area contributed by atoms with Crippen LogP contribution in [0.5, 0.6) is 0 Å². The molecule has 0 saturated carbocycles. The molecule has 0 spiro atoms. The first-order valence-electron chi connectivity index (χ1n) is 9.53. The van der Waals surface area contributed by atoms with Gasteiger partial charge in [0.25, 0.3) is 0 Å². The first kappa shape index (κ1) is 19.4. The molecule has 7 nitrogen and oxygen atoms in total. The van der Waals surface area contributed by atoms with Crippen molar-refractivity contribution < 1.29 is 9.53 Å². The molecule has 3 heterocycles. The maximum absolute atomic E-state index is 12.1. The number of amides is 1. The Bertz CT molecular complexity index is 954. The molecule has 1 aliphatic heterocycles. The molecule has 2 N–H and O–H groups in total. The Morgan fingerprint density at radius 2 is 1.90 bits per heavy atom. The highest BCUT2D eigenvalue weighted by atomic mass is 32.1. The van der Waals surface area contributed by atoms with Crippen molar-refractivity contribution in [3.8, 4) is 0 Å². The summed E-state index contributed by atoms with van der Waals surface area (Å²) in [6, 6.07) is 13.4. The lowest BCUT2D eigenvalue weighted by Crippen LogP contribution is -2.37. The Kier molecular flexibility index (Phi) is 6.02. The zero-order valence-electron chi connectivity index (χ0n) is 16.2. The van der Waals surface area contributed by atoms with E-state index in [1.807, 2.05) is 54.8 Å². The van der Waals surface area contributed by atoms with Crippen LogP contribution in [0.1, 0.15) is 10.6 Å². The number of hydrogen-bond acceptors (Lipinski definition) is 7. The molecule has 0 atom stereocenters. The van der Waals surface area contributed by atoms with E-state index in [0.717, 1.165) is 40.9 Å². The summed E-state index contributed by atoms with van der Waals surface area (Å²) in [5, 5.41) is 8.22. The van der Waals surface area contributed by atoms with E-state index in [-0.39, 0.29) is 5.91 Å². The predicted molar refractivity (Wildman–Crippen MR) is 116 cm³/mol. The quantitative estimate of drug-likeness (QED) is 0.648. The molecule has 1 aromatic carbocycles. The summed E-state index contributed by atoms with van der Waals surface area (Å²) in [5.74, 6) is 1.44. The van der Waals surface area contributed by atoms with Gasteiger partial charge in [0, 0.05) is 41.1 Å². The first-order chi connectivity index (χ1) is 14.2. The summed E-state index contributed by atoms with van der Waals surface area (Å²) in [6.45, 7) is 4.94. The van der Waals surface area contributed by atoms with Crippen molar-refractivity contribution >= 4 is 40.4 Å². The molecule has 4 rings (SSSR count).